The van der Waals surface area contributed by atoms with E-state index in [9.17, 15) is 15.3 Å². The molecule has 2 aromatic rings. The van der Waals surface area contributed by atoms with Gasteiger partial charge in [0, 0.05) is 14.6 Å². The molecule has 0 aromatic carbocycles. The van der Waals surface area contributed by atoms with Gasteiger partial charge in [-0.15, -0.1) is 0 Å². The number of rotatable bonds is 7. The summed E-state index contributed by atoms with van der Waals surface area (Å²) in [6, 6.07) is 1.20. The molecular weight excluding hydrogens is 368 g/mol. The van der Waals surface area contributed by atoms with Crippen LogP contribution in [0.2, 0.25) is 25.7 Å². The molecule has 1 aliphatic rings. The van der Waals surface area contributed by atoms with Crippen LogP contribution in [0.3, 0.4) is 0 Å². The molecule has 10 nitrogen and oxygen atoms in total. The van der Waals surface area contributed by atoms with E-state index in [1.807, 2.05) is 0 Å². The van der Waals surface area contributed by atoms with Crippen LogP contribution in [-0.4, -0.2) is 74.4 Å². The number of aromatic nitrogens is 4. The van der Waals surface area contributed by atoms with Crippen LogP contribution in [-0.2, 0) is 4.74 Å². The highest BCUT2D eigenvalue weighted by atomic mass is 28.3. The van der Waals surface area contributed by atoms with Gasteiger partial charge in [0.15, 0.2) is 23.2 Å². The number of ether oxygens (including phenoxy) is 1. The Balaban J connectivity index is 1.84. The molecule has 0 unspecified atom stereocenters. The van der Waals surface area contributed by atoms with Crippen molar-refractivity contribution in [2.24, 2.45) is 0 Å². The van der Waals surface area contributed by atoms with Gasteiger partial charge < -0.3 is 31.1 Å². The highest BCUT2D eigenvalue weighted by molar-refractivity contribution is 6.76. The SMILES string of the molecule is C[Si](C)(C)CCCNc1ncnc2c1nc(N)n2[C@@H]1O[C@H](CO)[C@@H](O)[C@H]1O. The van der Waals surface area contributed by atoms with Crippen molar-refractivity contribution in [3.8, 4) is 0 Å². The lowest BCUT2D eigenvalue weighted by molar-refractivity contribution is -0.0500. The summed E-state index contributed by atoms with van der Waals surface area (Å²) < 4.78 is 6.99. The number of nitrogens with one attached hydrogen (secondary N) is 1. The molecule has 11 heteroatoms. The number of nitrogen functional groups attached to an aromatic ring is 1. The largest absolute Gasteiger partial charge is 0.394 e. The molecule has 4 atom stereocenters. The third-order valence-corrected chi connectivity index (χ3v) is 6.53. The first-order valence-electron chi connectivity index (χ1n) is 9.07. The number of anilines is 2. The first-order valence-corrected chi connectivity index (χ1v) is 12.8. The number of nitrogens with two attached hydrogens (primary N) is 1. The normalized spacial score (nSPS) is 26.0. The molecule has 1 fully saturated rings. The van der Waals surface area contributed by atoms with E-state index < -0.39 is 39.2 Å². The standard InChI is InChI=1S/C16H28N6O4Si/c1-27(2,3)6-4-5-18-13-10-14(20-8-19-13)22(16(17)21-10)15-12(25)11(24)9(7-23)26-15/h8-9,11-12,15,23-25H,4-7H2,1-3H3,(H2,17,21)(H,18,19,20)/t9-,11-,12-,15-/m1/s1. The van der Waals surface area contributed by atoms with Crippen molar-refractivity contribution in [1.82, 2.24) is 19.5 Å². The summed E-state index contributed by atoms with van der Waals surface area (Å²) in [6.45, 7) is 7.34. The van der Waals surface area contributed by atoms with Crippen molar-refractivity contribution in [1.29, 1.82) is 0 Å². The molecule has 2 aromatic heterocycles. The second kappa shape index (κ2) is 7.68. The number of aliphatic hydroxyl groups is 3. The number of fused-ring (bicyclic) bond motifs is 1. The van der Waals surface area contributed by atoms with Gasteiger partial charge in [-0.25, -0.2) is 15.0 Å². The monoisotopic (exact) mass is 396 g/mol. The van der Waals surface area contributed by atoms with E-state index in [1.165, 1.54) is 16.9 Å². The highest BCUT2D eigenvalue weighted by Gasteiger charge is 2.44. The zero-order valence-corrected chi connectivity index (χ0v) is 16.8. The molecule has 0 bridgehead atoms. The summed E-state index contributed by atoms with van der Waals surface area (Å²) in [5.41, 5.74) is 6.90. The topological polar surface area (TPSA) is 152 Å². The zero-order chi connectivity index (χ0) is 19.8. The molecule has 1 aliphatic heterocycles. The number of nitrogens with zero attached hydrogens (tertiary/aromatic N) is 4. The summed E-state index contributed by atoms with van der Waals surface area (Å²) in [5, 5.41) is 32.9. The maximum atomic E-state index is 10.3. The van der Waals surface area contributed by atoms with Gasteiger partial charge in [-0.3, -0.25) is 4.57 Å². The smallest absolute Gasteiger partial charge is 0.204 e. The quantitative estimate of drug-likeness (QED) is 0.325. The van der Waals surface area contributed by atoms with Crippen molar-refractivity contribution in [3.63, 3.8) is 0 Å². The first kappa shape index (κ1) is 20.0. The summed E-state index contributed by atoms with van der Waals surface area (Å²) in [5.74, 6) is 0.651. The van der Waals surface area contributed by atoms with Crippen LogP contribution in [0, 0.1) is 0 Å². The molecular formula is C16H28N6O4Si. The third kappa shape index (κ3) is 4.06. The van der Waals surface area contributed by atoms with Crippen molar-refractivity contribution in [2.75, 3.05) is 24.2 Å². The first-order chi connectivity index (χ1) is 12.7. The summed E-state index contributed by atoms with van der Waals surface area (Å²) >= 11 is 0. The Kier molecular flexibility index (Phi) is 5.67. The molecule has 150 valence electrons. The molecule has 0 radical (unpaired) electrons. The van der Waals surface area contributed by atoms with Crippen molar-refractivity contribution < 1.29 is 20.1 Å². The van der Waals surface area contributed by atoms with E-state index >= 15 is 0 Å². The van der Waals surface area contributed by atoms with Gasteiger partial charge in [0.1, 0.15) is 24.6 Å². The average molecular weight is 397 g/mol. The molecule has 3 heterocycles. The van der Waals surface area contributed by atoms with Gasteiger partial charge in [-0.1, -0.05) is 25.7 Å². The number of hydrogen-bond acceptors (Lipinski definition) is 9. The lowest BCUT2D eigenvalue weighted by Crippen LogP contribution is -2.33. The van der Waals surface area contributed by atoms with Crippen LogP contribution >= 0.6 is 0 Å². The molecule has 0 aliphatic carbocycles. The maximum Gasteiger partial charge on any atom is 0.204 e. The Morgan fingerprint density at radius 3 is 2.63 bits per heavy atom. The average Bonchev–Trinajstić information content (AvgIpc) is 3.08. The fraction of sp³-hybridized carbons (Fsp3) is 0.688. The molecule has 1 saturated heterocycles. The predicted octanol–water partition coefficient (Wildman–Crippen LogP) is 0.160. The van der Waals surface area contributed by atoms with Crippen LogP contribution in [0.25, 0.3) is 11.2 Å². The highest BCUT2D eigenvalue weighted by Crippen LogP contribution is 2.34. The zero-order valence-electron chi connectivity index (χ0n) is 15.8. The lowest BCUT2D eigenvalue weighted by atomic mass is 10.1. The maximum absolute atomic E-state index is 10.3. The number of hydrogen-bond donors (Lipinski definition) is 5. The second-order valence-corrected chi connectivity index (χ2v) is 13.7. The minimum absolute atomic E-state index is 0.0884. The summed E-state index contributed by atoms with van der Waals surface area (Å²) in [6.07, 6.45) is -1.95. The molecule has 0 saturated carbocycles. The fourth-order valence-electron chi connectivity index (χ4n) is 3.22. The van der Waals surface area contributed by atoms with Crippen molar-refractivity contribution in [3.05, 3.63) is 6.33 Å². The van der Waals surface area contributed by atoms with E-state index in [0.717, 1.165) is 13.0 Å². The second-order valence-electron chi connectivity index (χ2n) is 8.05. The lowest BCUT2D eigenvalue weighted by Gasteiger charge is -2.18. The molecule has 6 N–H and O–H groups in total. The van der Waals surface area contributed by atoms with Gasteiger partial charge in [0.25, 0.3) is 0 Å². The Hall–Kier alpha value is -1.79. The van der Waals surface area contributed by atoms with E-state index in [4.69, 9.17) is 10.5 Å². The van der Waals surface area contributed by atoms with E-state index in [-0.39, 0.29) is 5.95 Å². The van der Waals surface area contributed by atoms with Crippen LogP contribution in [0.4, 0.5) is 11.8 Å². The van der Waals surface area contributed by atoms with Crippen LogP contribution < -0.4 is 11.1 Å². The minimum atomic E-state index is -1.26. The molecule has 0 amide bonds. The Morgan fingerprint density at radius 2 is 2.00 bits per heavy atom. The van der Waals surface area contributed by atoms with E-state index in [1.54, 1.807) is 0 Å². The van der Waals surface area contributed by atoms with Crippen molar-refractivity contribution >= 4 is 31.0 Å². The van der Waals surface area contributed by atoms with E-state index in [0.29, 0.717) is 17.0 Å². The van der Waals surface area contributed by atoms with Crippen LogP contribution in [0.5, 0.6) is 0 Å². The van der Waals surface area contributed by atoms with Crippen LogP contribution in [0.1, 0.15) is 12.6 Å². The predicted molar refractivity (Wildman–Crippen MR) is 104 cm³/mol. The van der Waals surface area contributed by atoms with Gasteiger partial charge in [-0.2, -0.15) is 0 Å². The Bertz CT molecular complexity index is 795. The number of imidazole rings is 1. The van der Waals surface area contributed by atoms with Gasteiger partial charge >= 0.3 is 0 Å². The number of aliphatic hydroxyl groups excluding tert-OH is 3. The summed E-state index contributed by atoms with van der Waals surface area (Å²) in [4.78, 5) is 12.8. The van der Waals surface area contributed by atoms with Gasteiger partial charge in [-0.05, 0) is 6.42 Å². The van der Waals surface area contributed by atoms with Gasteiger partial charge in [0.2, 0.25) is 5.95 Å². The van der Waals surface area contributed by atoms with Gasteiger partial charge in [0.05, 0.1) is 6.61 Å². The third-order valence-electron chi connectivity index (χ3n) is 4.67. The minimum Gasteiger partial charge on any atom is -0.394 e. The molecule has 3 rings (SSSR count). The fourth-order valence-corrected chi connectivity index (χ4v) is 4.46. The molecule has 27 heavy (non-hydrogen) atoms. The van der Waals surface area contributed by atoms with Crippen LogP contribution in [0.15, 0.2) is 6.33 Å². The Labute approximate surface area is 158 Å². The van der Waals surface area contributed by atoms with Crippen molar-refractivity contribution in [2.45, 2.75) is 56.6 Å². The molecule has 0 spiro atoms. The van der Waals surface area contributed by atoms with E-state index in [2.05, 4.69) is 39.9 Å². The Morgan fingerprint density at radius 1 is 1.26 bits per heavy atom. The summed E-state index contributed by atoms with van der Waals surface area (Å²) in [7, 11) is -1.10.